The molecule has 0 aliphatic heterocycles. The van der Waals surface area contributed by atoms with E-state index in [-0.39, 0.29) is 11.5 Å². The SMILES string of the molecule is OC(c1ccc(F)c(F)c1F)C(C1CC1)C1CC1. The summed E-state index contributed by atoms with van der Waals surface area (Å²) in [4.78, 5) is 0. The zero-order chi connectivity index (χ0) is 12.9. The molecule has 4 heteroatoms. The Morgan fingerprint density at radius 1 is 0.944 bits per heavy atom. The predicted molar refractivity (Wildman–Crippen MR) is 60.2 cm³/mol. The predicted octanol–water partition coefficient (Wildman–Crippen LogP) is 3.57. The lowest BCUT2D eigenvalue weighted by molar-refractivity contribution is 0.0780. The lowest BCUT2D eigenvalue weighted by Crippen LogP contribution is -2.19. The van der Waals surface area contributed by atoms with Crippen LogP contribution < -0.4 is 0 Å². The van der Waals surface area contributed by atoms with Gasteiger partial charge in [0.1, 0.15) is 0 Å². The van der Waals surface area contributed by atoms with Gasteiger partial charge < -0.3 is 5.11 Å². The van der Waals surface area contributed by atoms with Gasteiger partial charge in [0.2, 0.25) is 0 Å². The molecule has 0 spiro atoms. The summed E-state index contributed by atoms with van der Waals surface area (Å²) in [7, 11) is 0. The first-order valence-electron chi connectivity index (χ1n) is 6.41. The Balaban J connectivity index is 1.90. The Kier molecular flexibility index (Phi) is 2.85. The second-order valence-electron chi connectivity index (χ2n) is 5.46. The van der Waals surface area contributed by atoms with Crippen molar-refractivity contribution in [3.8, 4) is 0 Å². The van der Waals surface area contributed by atoms with E-state index in [0.29, 0.717) is 11.8 Å². The second kappa shape index (κ2) is 4.26. The van der Waals surface area contributed by atoms with Crippen molar-refractivity contribution in [1.82, 2.24) is 0 Å². The van der Waals surface area contributed by atoms with E-state index < -0.39 is 23.6 Å². The molecule has 18 heavy (non-hydrogen) atoms. The van der Waals surface area contributed by atoms with Gasteiger partial charge in [0, 0.05) is 5.56 Å². The molecule has 1 nitrogen and oxygen atoms in total. The normalized spacial score (nSPS) is 21.4. The number of hydrogen-bond donors (Lipinski definition) is 1. The van der Waals surface area contributed by atoms with E-state index in [9.17, 15) is 18.3 Å². The summed E-state index contributed by atoms with van der Waals surface area (Å²) in [5, 5.41) is 10.3. The molecule has 0 amide bonds. The third-order valence-corrected chi connectivity index (χ3v) is 4.08. The van der Waals surface area contributed by atoms with E-state index in [1.807, 2.05) is 0 Å². The minimum absolute atomic E-state index is 0.00404. The molecule has 2 aliphatic rings. The molecule has 2 saturated carbocycles. The maximum atomic E-state index is 13.7. The van der Waals surface area contributed by atoms with Crippen molar-refractivity contribution in [3.05, 3.63) is 35.1 Å². The number of halogens is 3. The molecule has 0 radical (unpaired) electrons. The highest BCUT2D eigenvalue weighted by Gasteiger charge is 2.46. The summed E-state index contributed by atoms with van der Waals surface area (Å²) in [5.74, 6) is -3.10. The molecular formula is C14H15F3O. The van der Waals surface area contributed by atoms with Gasteiger partial charge in [-0.3, -0.25) is 0 Å². The molecule has 2 fully saturated rings. The molecule has 98 valence electrons. The van der Waals surface area contributed by atoms with E-state index in [1.165, 1.54) is 0 Å². The molecule has 1 aromatic rings. The fourth-order valence-corrected chi connectivity index (χ4v) is 2.84. The molecule has 0 bridgehead atoms. The average molecular weight is 256 g/mol. The van der Waals surface area contributed by atoms with Crippen LogP contribution in [0.4, 0.5) is 13.2 Å². The van der Waals surface area contributed by atoms with Crippen LogP contribution in [0.3, 0.4) is 0 Å². The van der Waals surface area contributed by atoms with Gasteiger partial charge >= 0.3 is 0 Å². The van der Waals surface area contributed by atoms with Crippen molar-refractivity contribution in [2.45, 2.75) is 31.8 Å². The second-order valence-corrected chi connectivity index (χ2v) is 5.46. The van der Waals surface area contributed by atoms with Crippen LogP contribution in [0.5, 0.6) is 0 Å². The van der Waals surface area contributed by atoms with Crippen LogP contribution in [-0.4, -0.2) is 5.11 Å². The summed E-state index contributed by atoms with van der Waals surface area (Å²) in [6.45, 7) is 0. The molecule has 1 unspecified atom stereocenters. The maximum Gasteiger partial charge on any atom is 0.194 e. The quantitative estimate of drug-likeness (QED) is 0.816. The fourth-order valence-electron chi connectivity index (χ4n) is 2.84. The minimum Gasteiger partial charge on any atom is -0.388 e. The van der Waals surface area contributed by atoms with Crippen molar-refractivity contribution in [2.75, 3.05) is 0 Å². The number of benzene rings is 1. The highest BCUT2D eigenvalue weighted by Crippen LogP contribution is 2.54. The third kappa shape index (κ3) is 2.03. The molecule has 3 rings (SSSR count). The standard InChI is InChI=1S/C14H15F3O/c15-10-6-5-9(12(16)13(10)17)14(18)11(7-1-2-7)8-3-4-8/h5-8,11,14,18H,1-4H2. The molecule has 0 aromatic heterocycles. The largest absolute Gasteiger partial charge is 0.388 e. The van der Waals surface area contributed by atoms with Crippen LogP contribution in [0.15, 0.2) is 12.1 Å². The van der Waals surface area contributed by atoms with E-state index in [0.717, 1.165) is 37.8 Å². The van der Waals surface area contributed by atoms with Gasteiger partial charge in [0.25, 0.3) is 0 Å². The van der Waals surface area contributed by atoms with Gasteiger partial charge in [-0.25, -0.2) is 13.2 Å². The van der Waals surface area contributed by atoms with Crippen LogP contribution in [0.2, 0.25) is 0 Å². The monoisotopic (exact) mass is 256 g/mol. The van der Waals surface area contributed by atoms with Gasteiger partial charge in [-0.05, 0) is 49.5 Å². The van der Waals surface area contributed by atoms with Crippen molar-refractivity contribution in [2.24, 2.45) is 17.8 Å². The molecule has 0 heterocycles. The van der Waals surface area contributed by atoms with E-state index in [2.05, 4.69) is 0 Å². The Labute approximate surface area is 104 Å². The molecule has 1 N–H and O–H groups in total. The zero-order valence-electron chi connectivity index (χ0n) is 9.87. The molecule has 0 saturated heterocycles. The Morgan fingerprint density at radius 3 is 2.00 bits per heavy atom. The van der Waals surface area contributed by atoms with Crippen molar-refractivity contribution in [3.63, 3.8) is 0 Å². The first-order chi connectivity index (χ1) is 8.59. The number of hydrogen-bond acceptors (Lipinski definition) is 1. The topological polar surface area (TPSA) is 20.2 Å². The first kappa shape index (κ1) is 12.0. The molecule has 2 aliphatic carbocycles. The number of aliphatic hydroxyl groups excluding tert-OH is 1. The highest BCUT2D eigenvalue weighted by molar-refractivity contribution is 5.24. The fraction of sp³-hybridized carbons (Fsp3) is 0.571. The Bertz CT molecular complexity index is 454. The van der Waals surface area contributed by atoms with E-state index >= 15 is 0 Å². The number of aliphatic hydroxyl groups is 1. The van der Waals surface area contributed by atoms with E-state index in [4.69, 9.17) is 0 Å². The van der Waals surface area contributed by atoms with Crippen LogP contribution >= 0.6 is 0 Å². The van der Waals surface area contributed by atoms with Crippen molar-refractivity contribution < 1.29 is 18.3 Å². The van der Waals surface area contributed by atoms with Gasteiger partial charge in [-0.1, -0.05) is 6.07 Å². The van der Waals surface area contributed by atoms with Gasteiger partial charge in [-0.15, -0.1) is 0 Å². The van der Waals surface area contributed by atoms with Gasteiger partial charge in [0.15, 0.2) is 17.5 Å². The lowest BCUT2D eigenvalue weighted by atomic mass is 9.87. The third-order valence-electron chi connectivity index (χ3n) is 4.08. The zero-order valence-corrected chi connectivity index (χ0v) is 9.87. The summed E-state index contributed by atoms with van der Waals surface area (Å²) >= 11 is 0. The average Bonchev–Trinajstić information content (AvgIpc) is 3.19. The minimum atomic E-state index is -1.49. The van der Waals surface area contributed by atoms with Crippen LogP contribution in [-0.2, 0) is 0 Å². The Morgan fingerprint density at radius 2 is 1.50 bits per heavy atom. The first-order valence-corrected chi connectivity index (χ1v) is 6.41. The summed E-state index contributed by atoms with van der Waals surface area (Å²) in [6.07, 6.45) is 3.17. The summed E-state index contributed by atoms with van der Waals surface area (Å²) < 4.78 is 39.7. The smallest absolute Gasteiger partial charge is 0.194 e. The van der Waals surface area contributed by atoms with Gasteiger partial charge in [-0.2, -0.15) is 0 Å². The van der Waals surface area contributed by atoms with Crippen molar-refractivity contribution >= 4 is 0 Å². The summed E-state index contributed by atoms with van der Waals surface area (Å²) in [6, 6.07) is 2.05. The van der Waals surface area contributed by atoms with Gasteiger partial charge in [0.05, 0.1) is 6.10 Å². The van der Waals surface area contributed by atoms with Crippen LogP contribution in [0, 0.1) is 35.2 Å². The van der Waals surface area contributed by atoms with Crippen molar-refractivity contribution in [1.29, 1.82) is 0 Å². The van der Waals surface area contributed by atoms with Crippen LogP contribution in [0.1, 0.15) is 37.4 Å². The van der Waals surface area contributed by atoms with E-state index in [1.54, 1.807) is 0 Å². The lowest BCUT2D eigenvalue weighted by Gasteiger charge is -2.23. The van der Waals surface area contributed by atoms with Crippen LogP contribution in [0.25, 0.3) is 0 Å². The Hall–Kier alpha value is -1.03. The highest BCUT2D eigenvalue weighted by atomic mass is 19.2. The summed E-state index contributed by atoms with van der Waals surface area (Å²) in [5.41, 5.74) is -0.0994. The molecular weight excluding hydrogens is 241 g/mol. The maximum absolute atomic E-state index is 13.7. The molecule has 1 aromatic carbocycles. The number of rotatable bonds is 4. The molecule has 1 atom stereocenters.